The number of aromatic nitrogens is 3. The number of carbonyl (C=O) groups is 3. The molecule has 3 rings (SSSR count). The lowest BCUT2D eigenvalue weighted by atomic mass is 10.1. The SMILES string of the molecule is Cc1cccnc1-c1cc2cccnc2c(NS(=O)(=O)CC(=O)NC(CC(=O)O)C(=O)O)n1. The van der Waals surface area contributed by atoms with Gasteiger partial charge in [0.2, 0.25) is 15.9 Å². The van der Waals surface area contributed by atoms with Gasteiger partial charge in [-0.2, -0.15) is 0 Å². The summed E-state index contributed by atoms with van der Waals surface area (Å²) >= 11 is 0. The first-order valence-electron chi connectivity index (χ1n) is 9.48. The Morgan fingerprint density at radius 2 is 1.79 bits per heavy atom. The zero-order chi connectivity index (χ0) is 24.2. The number of pyridine rings is 3. The fourth-order valence-electron chi connectivity index (χ4n) is 3.00. The monoisotopic (exact) mass is 473 g/mol. The molecule has 33 heavy (non-hydrogen) atoms. The van der Waals surface area contributed by atoms with Crippen LogP contribution in [0, 0.1) is 6.92 Å². The van der Waals surface area contributed by atoms with Crippen LogP contribution in [0.15, 0.2) is 42.7 Å². The quantitative estimate of drug-likeness (QED) is 0.346. The number of fused-ring (bicyclic) bond motifs is 1. The van der Waals surface area contributed by atoms with Crippen LogP contribution in [-0.4, -0.2) is 63.2 Å². The summed E-state index contributed by atoms with van der Waals surface area (Å²) in [6.45, 7) is 1.82. The van der Waals surface area contributed by atoms with E-state index in [0.29, 0.717) is 16.8 Å². The lowest BCUT2D eigenvalue weighted by Crippen LogP contribution is -2.45. The van der Waals surface area contributed by atoms with Crippen LogP contribution in [-0.2, 0) is 24.4 Å². The molecule has 3 heterocycles. The van der Waals surface area contributed by atoms with E-state index in [1.165, 1.54) is 6.20 Å². The molecule has 0 saturated carbocycles. The summed E-state index contributed by atoms with van der Waals surface area (Å²) in [5.41, 5.74) is 1.94. The number of aryl methyl sites for hydroxylation is 1. The Morgan fingerprint density at radius 3 is 2.45 bits per heavy atom. The highest BCUT2D eigenvalue weighted by Gasteiger charge is 2.26. The van der Waals surface area contributed by atoms with Crippen LogP contribution >= 0.6 is 0 Å². The van der Waals surface area contributed by atoms with Gasteiger partial charge in [-0.05, 0) is 30.7 Å². The Morgan fingerprint density at radius 1 is 1.09 bits per heavy atom. The summed E-state index contributed by atoms with van der Waals surface area (Å²) in [4.78, 5) is 46.7. The number of sulfonamides is 1. The van der Waals surface area contributed by atoms with Gasteiger partial charge in [0.25, 0.3) is 0 Å². The summed E-state index contributed by atoms with van der Waals surface area (Å²) in [5, 5.41) is 20.2. The minimum absolute atomic E-state index is 0.138. The summed E-state index contributed by atoms with van der Waals surface area (Å²) < 4.78 is 27.5. The molecule has 0 fully saturated rings. The number of hydrogen-bond donors (Lipinski definition) is 4. The van der Waals surface area contributed by atoms with Gasteiger partial charge < -0.3 is 15.5 Å². The predicted octanol–water partition coefficient (Wildman–Crippen LogP) is 0.786. The van der Waals surface area contributed by atoms with Gasteiger partial charge in [-0.15, -0.1) is 0 Å². The molecular formula is C20H19N5O7S. The Bertz CT molecular complexity index is 1340. The average Bonchev–Trinajstić information content (AvgIpc) is 2.72. The van der Waals surface area contributed by atoms with E-state index in [0.717, 1.165) is 5.56 Å². The maximum atomic E-state index is 12.6. The number of carboxylic acid groups (broad SMARTS) is 2. The molecule has 0 saturated heterocycles. The Balaban J connectivity index is 1.90. The van der Waals surface area contributed by atoms with Crippen LogP contribution in [0.2, 0.25) is 0 Å². The Kier molecular flexibility index (Phi) is 6.82. The van der Waals surface area contributed by atoms with E-state index >= 15 is 0 Å². The fourth-order valence-corrected chi connectivity index (χ4v) is 3.94. The van der Waals surface area contributed by atoms with Crippen molar-refractivity contribution >= 4 is 44.6 Å². The number of anilines is 1. The van der Waals surface area contributed by atoms with Crippen molar-refractivity contribution in [2.45, 2.75) is 19.4 Å². The molecule has 0 spiro atoms. The lowest BCUT2D eigenvalue weighted by Gasteiger charge is -2.14. The van der Waals surface area contributed by atoms with Crippen LogP contribution in [0.4, 0.5) is 5.82 Å². The molecular weight excluding hydrogens is 454 g/mol. The van der Waals surface area contributed by atoms with E-state index in [4.69, 9.17) is 10.2 Å². The summed E-state index contributed by atoms with van der Waals surface area (Å²) in [6.07, 6.45) is 2.11. The van der Waals surface area contributed by atoms with E-state index in [2.05, 4.69) is 19.7 Å². The van der Waals surface area contributed by atoms with Crippen molar-refractivity contribution in [1.29, 1.82) is 0 Å². The van der Waals surface area contributed by atoms with Crippen molar-refractivity contribution in [2.24, 2.45) is 0 Å². The van der Waals surface area contributed by atoms with Crippen molar-refractivity contribution in [3.05, 3.63) is 48.3 Å². The molecule has 0 aromatic carbocycles. The van der Waals surface area contributed by atoms with Crippen molar-refractivity contribution in [1.82, 2.24) is 20.3 Å². The second-order valence-corrected chi connectivity index (χ2v) is 8.74. The van der Waals surface area contributed by atoms with Crippen molar-refractivity contribution in [3.63, 3.8) is 0 Å². The maximum absolute atomic E-state index is 12.6. The smallest absolute Gasteiger partial charge is 0.326 e. The first-order chi connectivity index (χ1) is 15.6. The zero-order valence-electron chi connectivity index (χ0n) is 17.2. The first kappa shape index (κ1) is 23.5. The molecule has 3 aromatic heterocycles. The topological polar surface area (TPSA) is 189 Å². The van der Waals surface area contributed by atoms with Gasteiger partial charge in [0.05, 0.1) is 17.8 Å². The molecule has 4 N–H and O–H groups in total. The van der Waals surface area contributed by atoms with Gasteiger partial charge >= 0.3 is 11.9 Å². The molecule has 1 unspecified atom stereocenters. The highest BCUT2D eigenvalue weighted by Crippen LogP contribution is 2.27. The van der Waals surface area contributed by atoms with E-state index in [-0.39, 0.29) is 11.3 Å². The molecule has 172 valence electrons. The third kappa shape index (κ3) is 5.98. The van der Waals surface area contributed by atoms with Crippen molar-refractivity contribution in [2.75, 3.05) is 10.5 Å². The van der Waals surface area contributed by atoms with Gasteiger partial charge in [0.15, 0.2) is 5.82 Å². The number of carbonyl (C=O) groups excluding carboxylic acids is 1. The minimum Gasteiger partial charge on any atom is -0.481 e. The zero-order valence-corrected chi connectivity index (χ0v) is 18.0. The maximum Gasteiger partial charge on any atom is 0.326 e. The second-order valence-electron chi connectivity index (χ2n) is 7.02. The predicted molar refractivity (Wildman–Crippen MR) is 117 cm³/mol. The molecule has 0 aliphatic carbocycles. The van der Waals surface area contributed by atoms with Crippen LogP contribution in [0.1, 0.15) is 12.0 Å². The van der Waals surface area contributed by atoms with Crippen LogP contribution < -0.4 is 10.0 Å². The number of carboxylic acids is 2. The number of amides is 1. The fraction of sp³-hybridized carbons (Fsp3) is 0.200. The normalized spacial score (nSPS) is 12.2. The molecule has 1 atom stereocenters. The highest BCUT2D eigenvalue weighted by molar-refractivity contribution is 7.93. The number of nitrogens with zero attached hydrogens (tertiary/aromatic N) is 3. The summed E-state index contributed by atoms with van der Waals surface area (Å²) in [5.74, 6) is -5.55. The van der Waals surface area contributed by atoms with E-state index in [1.54, 1.807) is 30.5 Å². The number of aliphatic carboxylic acids is 2. The van der Waals surface area contributed by atoms with Gasteiger partial charge in [-0.3, -0.25) is 24.3 Å². The molecule has 0 aliphatic rings. The highest BCUT2D eigenvalue weighted by atomic mass is 32.2. The summed E-state index contributed by atoms with van der Waals surface area (Å²) in [7, 11) is -4.36. The molecule has 0 radical (unpaired) electrons. The van der Waals surface area contributed by atoms with Gasteiger partial charge in [-0.25, -0.2) is 18.2 Å². The second kappa shape index (κ2) is 9.56. The van der Waals surface area contributed by atoms with Crippen molar-refractivity contribution < 1.29 is 33.0 Å². The van der Waals surface area contributed by atoms with Crippen LogP contribution in [0.25, 0.3) is 22.3 Å². The van der Waals surface area contributed by atoms with E-state index in [1.807, 2.05) is 18.3 Å². The van der Waals surface area contributed by atoms with Crippen molar-refractivity contribution in [3.8, 4) is 11.4 Å². The van der Waals surface area contributed by atoms with Crippen LogP contribution in [0.5, 0.6) is 0 Å². The van der Waals surface area contributed by atoms with E-state index < -0.39 is 46.1 Å². The summed E-state index contributed by atoms with van der Waals surface area (Å²) in [6, 6.07) is 6.87. The molecule has 13 heteroatoms. The largest absolute Gasteiger partial charge is 0.481 e. The molecule has 0 bridgehead atoms. The standard InChI is InChI=1S/C20H19N5O7S/c1-11-4-2-6-21-17(11)13-8-12-5-3-7-22-18(12)19(24-13)25-33(31,32)10-15(26)23-14(20(29)30)9-16(27)28/h2-8,14H,9-10H2,1H3,(H,23,26)(H,24,25)(H,27,28)(H,29,30). The number of hydrogen-bond acceptors (Lipinski definition) is 8. The third-order valence-corrected chi connectivity index (χ3v) is 5.57. The molecule has 3 aromatic rings. The average molecular weight is 473 g/mol. The molecule has 1 amide bonds. The van der Waals surface area contributed by atoms with Gasteiger partial charge in [0.1, 0.15) is 17.3 Å². The minimum atomic E-state index is -4.36. The van der Waals surface area contributed by atoms with Crippen LogP contribution in [0.3, 0.4) is 0 Å². The first-order valence-corrected chi connectivity index (χ1v) is 11.1. The molecule has 12 nitrogen and oxygen atoms in total. The number of nitrogens with one attached hydrogen (secondary N) is 2. The molecule has 0 aliphatic heterocycles. The Hall–Kier alpha value is -4.13. The Labute approximate surface area is 187 Å². The van der Waals surface area contributed by atoms with E-state index in [9.17, 15) is 22.8 Å². The lowest BCUT2D eigenvalue weighted by molar-refractivity contribution is -0.147. The number of rotatable bonds is 9. The third-order valence-electron chi connectivity index (χ3n) is 4.43. The van der Waals surface area contributed by atoms with Gasteiger partial charge in [0, 0.05) is 17.8 Å². The van der Waals surface area contributed by atoms with Gasteiger partial charge in [-0.1, -0.05) is 12.1 Å².